The molecule has 1 saturated carbocycles. The summed E-state index contributed by atoms with van der Waals surface area (Å²) >= 11 is 0. The predicted molar refractivity (Wildman–Crippen MR) is 97.6 cm³/mol. The highest BCUT2D eigenvalue weighted by molar-refractivity contribution is 5.88. The van der Waals surface area contributed by atoms with Crippen LogP contribution in [0, 0.1) is 0 Å². The molecule has 1 aromatic rings. The van der Waals surface area contributed by atoms with Crippen molar-refractivity contribution in [3.05, 3.63) is 41.6 Å². The van der Waals surface area contributed by atoms with Gasteiger partial charge in [-0.15, -0.1) is 0 Å². The second-order valence-corrected chi connectivity index (χ2v) is 7.33. The summed E-state index contributed by atoms with van der Waals surface area (Å²) in [6.45, 7) is 2.91. The fraction of sp³-hybridized carbons (Fsp3) is 0.550. The summed E-state index contributed by atoms with van der Waals surface area (Å²) in [6, 6.07) is 8.36. The molecule has 2 atom stereocenters. The van der Waals surface area contributed by atoms with Crippen LogP contribution in [0.25, 0.3) is 0 Å². The van der Waals surface area contributed by atoms with Crippen LogP contribution in [0.2, 0.25) is 0 Å². The fourth-order valence-corrected chi connectivity index (χ4v) is 3.65. The lowest BCUT2D eigenvalue weighted by Crippen LogP contribution is -2.40. The first-order valence-corrected chi connectivity index (χ1v) is 8.92. The number of hydrogen-bond donors (Lipinski definition) is 2. The highest BCUT2D eigenvalue weighted by atomic mass is 16.5. The molecule has 1 aliphatic heterocycles. The number of benzene rings is 1. The Kier molecular flexibility index (Phi) is 5.36. The molecule has 3 N–H and O–H groups in total. The maximum atomic E-state index is 9.39. The van der Waals surface area contributed by atoms with Crippen molar-refractivity contribution in [1.82, 2.24) is 0 Å². The number of hydrogen-bond acceptors (Lipinski definition) is 4. The van der Waals surface area contributed by atoms with Gasteiger partial charge in [-0.2, -0.15) is 0 Å². The summed E-state index contributed by atoms with van der Waals surface area (Å²) in [5.41, 5.74) is 9.68. The maximum absolute atomic E-state index is 9.39. The Hall–Kier alpha value is -1.65. The molecule has 0 spiro atoms. The van der Waals surface area contributed by atoms with E-state index in [0.29, 0.717) is 5.92 Å². The zero-order chi connectivity index (χ0) is 17.0. The first-order chi connectivity index (χ1) is 11.6. The summed E-state index contributed by atoms with van der Waals surface area (Å²) < 4.78 is 5.84. The number of allylic oxidation sites excluding steroid dienone is 1. The van der Waals surface area contributed by atoms with E-state index in [4.69, 9.17) is 10.5 Å². The summed E-state index contributed by atoms with van der Waals surface area (Å²) in [6.07, 6.45) is 7.79. The quantitative estimate of drug-likeness (QED) is 0.752. The Bertz CT molecular complexity index is 621. The first-order valence-electron chi connectivity index (χ1n) is 8.92. The average Bonchev–Trinajstić information content (AvgIpc) is 3.19. The summed E-state index contributed by atoms with van der Waals surface area (Å²) in [5.74, 6) is 1.37. The van der Waals surface area contributed by atoms with E-state index < -0.39 is 5.54 Å². The van der Waals surface area contributed by atoms with Gasteiger partial charge in [0.15, 0.2) is 0 Å². The van der Waals surface area contributed by atoms with E-state index in [9.17, 15) is 5.11 Å². The zero-order valence-electron chi connectivity index (χ0n) is 14.5. The lowest BCUT2D eigenvalue weighted by atomic mass is 9.94. The van der Waals surface area contributed by atoms with Gasteiger partial charge in [-0.25, -0.2) is 0 Å². The molecular weight excluding hydrogens is 300 g/mol. The van der Waals surface area contributed by atoms with Crippen molar-refractivity contribution in [3.8, 4) is 5.75 Å². The topological polar surface area (TPSA) is 67.8 Å². The van der Waals surface area contributed by atoms with Crippen LogP contribution < -0.4 is 10.5 Å². The lowest BCUT2D eigenvalue weighted by molar-refractivity contribution is 0.198. The molecule has 0 amide bonds. The summed E-state index contributed by atoms with van der Waals surface area (Å²) in [7, 11) is 0. The third-order valence-electron chi connectivity index (χ3n) is 5.14. The molecule has 3 rings (SSSR count). The van der Waals surface area contributed by atoms with E-state index in [0.717, 1.165) is 50.9 Å². The van der Waals surface area contributed by atoms with Gasteiger partial charge in [0.25, 0.3) is 0 Å². The van der Waals surface area contributed by atoms with E-state index in [2.05, 4.69) is 24.0 Å². The second-order valence-electron chi connectivity index (χ2n) is 7.33. The zero-order valence-corrected chi connectivity index (χ0v) is 14.5. The first kappa shape index (κ1) is 17.2. The summed E-state index contributed by atoms with van der Waals surface area (Å²) in [5, 5.41) is 9.39. The maximum Gasteiger partial charge on any atom is 0.119 e. The number of aliphatic imine (C=N–C) groups is 1. The molecule has 1 aromatic carbocycles. The van der Waals surface area contributed by atoms with Gasteiger partial charge >= 0.3 is 0 Å². The standard InChI is InChI=1S/C20H28N2O2/c1-15-11-18(22-13-15)3-2-10-24-19-6-4-16(5-7-19)17-8-9-20(21,12-17)14-23/h4-7,13,17,23H,2-3,8-12,14,21H2,1H3/t17?,20-/m1/s1. The number of nitrogens with two attached hydrogens (primary N) is 1. The van der Waals surface area contributed by atoms with Gasteiger partial charge in [-0.3, -0.25) is 4.99 Å². The predicted octanol–water partition coefficient (Wildman–Crippen LogP) is 3.55. The Morgan fingerprint density at radius 1 is 1.33 bits per heavy atom. The molecule has 0 aromatic heterocycles. The third kappa shape index (κ3) is 4.25. The van der Waals surface area contributed by atoms with E-state index in [1.54, 1.807) is 0 Å². The average molecular weight is 328 g/mol. The van der Waals surface area contributed by atoms with Gasteiger partial charge < -0.3 is 15.6 Å². The van der Waals surface area contributed by atoms with Gasteiger partial charge in [0, 0.05) is 23.9 Å². The van der Waals surface area contributed by atoms with E-state index >= 15 is 0 Å². The lowest BCUT2D eigenvalue weighted by Gasteiger charge is -2.21. The van der Waals surface area contributed by atoms with Crippen molar-refractivity contribution >= 4 is 5.71 Å². The minimum atomic E-state index is -0.393. The Morgan fingerprint density at radius 3 is 2.75 bits per heavy atom. The van der Waals surface area contributed by atoms with Crippen LogP contribution >= 0.6 is 0 Å². The Morgan fingerprint density at radius 2 is 2.12 bits per heavy atom. The van der Waals surface area contributed by atoms with Gasteiger partial charge in [0.05, 0.1) is 13.2 Å². The molecular formula is C20H28N2O2. The minimum Gasteiger partial charge on any atom is -0.494 e. The molecule has 130 valence electrons. The van der Waals surface area contributed by atoms with E-state index in [1.807, 2.05) is 18.3 Å². The van der Waals surface area contributed by atoms with Crippen LogP contribution in [0.15, 0.2) is 41.0 Å². The molecule has 1 unspecified atom stereocenters. The molecule has 4 heteroatoms. The highest BCUT2D eigenvalue weighted by Gasteiger charge is 2.35. The fourth-order valence-electron chi connectivity index (χ4n) is 3.65. The van der Waals surface area contributed by atoms with Gasteiger partial charge in [-0.1, -0.05) is 12.1 Å². The van der Waals surface area contributed by atoms with Crippen molar-refractivity contribution in [2.24, 2.45) is 10.7 Å². The van der Waals surface area contributed by atoms with Crippen molar-refractivity contribution in [2.75, 3.05) is 13.2 Å². The van der Waals surface area contributed by atoms with Crippen LogP contribution in [0.3, 0.4) is 0 Å². The number of nitrogens with zero attached hydrogens (tertiary/aromatic N) is 1. The molecule has 4 nitrogen and oxygen atoms in total. The van der Waals surface area contributed by atoms with E-state index in [1.165, 1.54) is 16.8 Å². The monoisotopic (exact) mass is 328 g/mol. The molecule has 0 saturated heterocycles. The van der Waals surface area contributed by atoms with Gasteiger partial charge in [0.2, 0.25) is 0 Å². The van der Waals surface area contributed by atoms with Gasteiger partial charge in [0.1, 0.15) is 5.75 Å². The van der Waals surface area contributed by atoms with Crippen molar-refractivity contribution in [1.29, 1.82) is 0 Å². The molecule has 0 radical (unpaired) electrons. The largest absolute Gasteiger partial charge is 0.494 e. The number of ether oxygens (including phenoxy) is 1. The minimum absolute atomic E-state index is 0.0744. The van der Waals surface area contributed by atoms with Crippen molar-refractivity contribution in [2.45, 2.75) is 56.9 Å². The van der Waals surface area contributed by atoms with E-state index in [-0.39, 0.29) is 6.61 Å². The van der Waals surface area contributed by atoms with Crippen LogP contribution in [0.4, 0.5) is 0 Å². The van der Waals surface area contributed by atoms with Crippen molar-refractivity contribution in [3.63, 3.8) is 0 Å². The van der Waals surface area contributed by atoms with Gasteiger partial charge in [-0.05, 0) is 68.2 Å². The number of rotatable bonds is 7. The molecule has 0 bridgehead atoms. The Balaban J connectivity index is 1.42. The van der Waals surface area contributed by atoms with Crippen LogP contribution in [0.5, 0.6) is 5.75 Å². The number of aliphatic hydroxyl groups excluding tert-OH is 1. The second kappa shape index (κ2) is 7.49. The van der Waals surface area contributed by atoms with Crippen LogP contribution in [0.1, 0.15) is 56.9 Å². The molecule has 1 aliphatic carbocycles. The normalized spacial score (nSPS) is 26.4. The summed E-state index contributed by atoms with van der Waals surface area (Å²) in [4.78, 5) is 4.41. The van der Waals surface area contributed by atoms with Crippen LogP contribution in [-0.4, -0.2) is 29.6 Å². The number of aliphatic hydroxyl groups is 1. The highest BCUT2D eigenvalue weighted by Crippen LogP contribution is 2.39. The molecule has 1 fully saturated rings. The Labute approximate surface area is 144 Å². The third-order valence-corrected chi connectivity index (χ3v) is 5.14. The molecule has 24 heavy (non-hydrogen) atoms. The SMILES string of the molecule is CC1=CN=C(CCCOc2ccc(C3CC[C@](N)(CO)C3)cc2)C1. The molecule has 1 heterocycles. The molecule has 2 aliphatic rings. The smallest absolute Gasteiger partial charge is 0.119 e. The van der Waals surface area contributed by atoms with Crippen molar-refractivity contribution < 1.29 is 9.84 Å². The van der Waals surface area contributed by atoms with Crippen LogP contribution in [-0.2, 0) is 0 Å².